The Kier molecular flexibility index (Phi) is 8.13. The van der Waals surface area contributed by atoms with Gasteiger partial charge in [0.15, 0.2) is 0 Å². The minimum Gasteiger partial charge on any atom is -0.390 e. The Bertz CT molecular complexity index is 1520. The number of aromatic nitrogens is 4. The van der Waals surface area contributed by atoms with E-state index >= 15 is 0 Å². The molecule has 2 aromatic heterocycles. The summed E-state index contributed by atoms with van der Waals surface area (Å²) >= 11 is 6.61. The summed E-state index contributed by atoms with van der Waals surface area (Å²) in [6.07, 6.45) is 7.68. The van der Waals surface area contributed by atoms with E-state index in [-0.39, 0.29) is 11.8 Å². The number of nitrogens with one attached hydrogen (secondary N) is 2. The highest BCUT2D eigenvalue weighted by Crippen LogP contribution is 2.33. The summed E-state index contributed by atoms with van der Waals surface area (Å²) in [4.78, 5) is 12.5. The first kappa shape index (κ1) is 28.4. The molecule has 1 saturated heterocycles. The van der Waals surface area contributed by atoms with Crippen molar-refractivity contribution in [1.82, 2.24) is 29.4 Å². The van der Waals surface area contributed by atoms with Gasteiger partial charge in [-0.25, -0.2) is 32.2 Å². The second-order valence-electron chi connectivity index (χ2n) is 10.7. The standard InChI is InChI=1S/C27H33ClN8O3S/c1-4-40(38,39)35-9-7-20(8-10-35)33-26-31-16-23(29-3)25(34-26)19-15-32-36(17-19)24-6-5-18(11-22(24)28)14-30-21-12-27(2,37)13-21/h5-6,11,15-17,20-21,30,37H,4,7-10,12-14H2,1-2H3,(H,31,33,34). The molecule has 40 heavy (non-hydrogen) atoms. The number of anilines is 1. The Morgan fingerprint density at radius 2 is 1.98 bits per heavy atom. The van der Waals surface area contributed by atoms with E-state index in [1.54, 1.807) is 24.0 Å². The Morgan fingerprint density at radius 1 is 1.23 bits per heavy atom. The van der Waals surface area contributed by atoms with E-state index in [0.717, 1.165) is 18.4 Å². The molecule has 0 amide bonds. The SMILES string of the molecule is [C-]#[N+]c1cnc(NC2CCN(S(=O)(=O)CC)CC2)nc1-c1cnn(-c2ccc(CNC3CC(C)(O)C3)cc2Cl)c1. The van der Waals surface area contributed by atoms with Gasteiger partial charge in [-0.3, -0.25) is 0 Å². The van der Waals surface area contributed by atoms with Gasteiger partial charge in [-0.2, -0.15) is 5.10 Å². The van der Waals surface area contributed by atoms with Crippen LogP contribution in [-0.2, 0) is 16.6 Å². The molecule has 5 rings (SSSR count). The van der Waals surface area contributed by atoms with Crippen molar-refractivity contribution < 1.29 is 13.5 Å². The third kappa shape index (κ3) is 6.29. The zero-order valence-corrected chi connectivity index (χ0v) is 24.1. The van der Waals surface area contributed by atoms with Gasteiger partial charge in [0.25, 0.3) is 0 Å². The lowest BCUT2D eigenvalue weighted by Gasteiger charge is -2.41. The van der Waals surface area contributed by atoms with Gasteiger partial charge in [-0.05, 0) is 57.2 Å². The zero-order valence-electron chi connectivity index (χ0n) is 22.5. The van der Waals surface area contributed by atoms with E-state index in [9.17, 15) is 13.5 Å². The van der Waals surface area contributed by atoms with Crippen molar-refractivity contribution in [3.63, 3.8) is 0 Å². The van der Waals surface area contributed by atoms with Crippen LogP contribution in [0.4, 0.5) is 11.6 Å². The molecule has 3 heterocycles. The van der Waals surface area contributed by atoms with E-state index in [4.69, 9.17) is 18.2 Å². The number of aliphatic hydroxyl groups is 1. The number of nitrogens with zero attached hydrogens (tertiary/aromatic N) is 6. The molecule has 1 aliphatic heterocycles. The average Bonchev–Trinajstić information content (AvgIpc) is 3.41. The quantitative estimate of drug-likeness (QED) is 0.324. The summed E-state index contributed by atoms with van der Waals surface area (Å²) < 4.78 is 27.5. The van der Waals surface area contributed by atoms with Crippen LogP contribution < -0.4 is 10.6 Å². The maximum absolute atomic E-state index is 12.1. The molecule has 1 aromatic carbocycles. The number of rotatable bonds is 9. The number of sulfonamides is 1. The van der Waals surface area contributed by atoms with Gasteiger partial charge in [0, 0.05) is 49.7 Å². The highest BCUT2D eigenvalue weighted by molar-refractivity contribution is 7.89. The van der Waals surface area contributed by atoms with Crippen molar-refractivity contribution >= 4 is 33.3 Å². The van der Waals surface area contributed by atoms with E-state index in [0.29, 0.717) is 72.1 Å². The Morgan fingerprint density at radius 3 is 2.62 bits per heavy atom. The summed E-state index contributed by atoms with van der Waals surface area (Å²) in [5.41, 5.74) is 2.58. The molecule has 212 valence electrons. The van der Waals surface area contributed by atoms with Crippen LogP contribution >= 0.6 is 11.6 Å². The maximum atomic E-state index is 12.1. The van der Waals surface area contributed by atoms with Gasteiger partial charge in [-0.15, -0.1) is 0 Å². The summed E-state index contributed by atoms with van der Waals surface area (Å²) in [7, 11) is -3.19. The van der Waals surface area contributed by atoms with E-state index in [1.165, 1.54) is 10.5 Å². The number of benzene rings is 1. The smallest absolute Gasteiger partial charge is 0.231 e. The number of piperidine rings is 1. The highest BCUT2D eigenvalue weighted by Gasteiger charge is 2.37. The number of hydrogen-bond acceptors (Lipinski definition) is 8. The molecule has 0 bridgehead atoms. The molecule has 0 radical (unpaired) electrons. The minimum atomic E-state index is -3.19. The molecule has 3 N–H and O–H groups in total. The van der Waals surface area contributed by atoms with Crippen molar-refractivity contribution in [3.8, 4) is 16.9 Å². The topological polar surface area (TPSA) is 130 Å². The maximum Gasteiger partial charge on any atom is 0.231 e. The lowest BCUT2D eigenvalue weighted by molar-refractivity contribution is -0.0393. The Labute approximate surface area is 239 Å². The van der Waals surface area contributed by atoms with Crippen molar-refractivity contribution in [2.75, 3.05) is 24.2 Å². The fourth-order valence-corrected chi connectivity index (χ4v) is 6.64. The van der Waals surface area contributed by atoms with Gasteiger partial charge >= 0.3 is 0 Å². The first-order chi connectivity index (χ1) is 19.1. The number of hydrogen-bond donors (Lipinski definition) is 3. The third-order valence-corrected chi connectivity index (χ3v) is 9.70. The normalized spacial score (nSPS) is 22.0. The van der Waals surface area contributed by atoms with Crippen LogP contribution in [0.1, 0.15) is 45.1 Å². The highest BCUT2D eigenvalue weighted by atomic mass is 35.5. The molecule has 13 heteroatoms. The molecule has 2 aliphatic rings. The molecule has 0 spiro atoms. The van der Waals surface area contributed by atoms with Crippen LogP contribution in [0.2, 0.25) is 5.02 Å². The fourth-order valence-electron chi connectivity index (χ4n) is 5.21. The minimum absolute atomic E-state index is 0.0296. The molecule has 3 aromatic rings. The molecule has 1 aliphatic carbocycles. The van der Waals surface area contributed by atoms with Gasteiger partial charge < -0.3 is 15.7 Å². The van der Waals surface area contributed by atoms with Gasteiger partial charge in [0.05, 0.1) is 40.5 Å². The largest absolute Gasteiger partial charge is 0.390 e. The summed E-state index contributed by atoms with van der Waals surface area (Å²) in [5, 5.41) is 21.7. The van der Waals surface area contributed by atoms with Gasteiger partial charge in [-0.1, -0.05) is 17.7 Å². The van der Waals surface area contributed by atoms with Crippen molar-refractivity contribution in [3.05, 3.63) is 58.8 Å². The molecule has 11 nitrogen and oxygen atoms in total. The predicted octanol–water partition coefficient (Wildman–Crippen LogP) is 3.76. The summed E-state index contributed by atoms with van der Waals surface area (Å²) in [6.45, 7) is 12.6. The van der Waals surface area contributed by atoms with Crippen LogP contribution in [0.25, 0.3) is 21.8 Å². The molecular weight excluding hydrogens is 552 g/mol. The lowest BCUT2D eigenvalue weighted by Crippen LogP contribution is -2.51. The Balaban J connectivity index is 1.27. The van der Waals surface area contributed by atoms with Crippen LogP contribution in [0.15, 0.2) is 36.8 Å². The molecule has 1 saturated carbocycles. The van der Waals surface area contributed by atoms with E-state index < -0.39 is 15.6 Å². The van der Waals surface area contributed by atoms with Crippen molar-refractivity contribution in [2.24, 2.45) is 0 Å². The first-order valence-corrected chi connectivity index (χ1v) is 15.3. The van der Waals surface area contributed by atoms with Crippen LogP contribution in [-0.4, -0.2) is 74.1 Å². The van der Waals surface area contributed by atoms with Gasteiger partial charge in [0.1, 0.15) is 0 Å². The van der Waals surface area contributed by atoms with Crippen molar-refractivity contribution in [1.29, 1.82) is 0 Å². The van der Waals surface area contributed by atoms with Crippen molar-refractivity contribution in [2.45, 2.75) is 63.8 Å². The molecule has 2 fully saturated rings. The predicted molar refractivity (Wildman–Crippen MR) is 154 cm³/mol. The van der Waals surface area contributed by atoms with Crippen LogP contribution in [0.3, 0.4) is 0 Å². The molecule has 0 unspecified atom stereocenters. The fraction of sp³-hybridized carbons (Fsp3) is 0.481. The lowest BCUT2D eigenvalue weighted by atomic mass is 9.77. The zero-order chi connectivity index (χ0) is 28.5. The molecule has 0 atom stereocenters. The van der Waals surface area contributed by atoms with Crippen LogP contribution in [0, 0.1) is 6.57 Å². The van der Waals surface area contributed by atoms with Crippen LogP contribution in [0.5, 0.6) is 0 Å². The number of halogens is 1. The Hall–Kier alpha value is -3.08. The molecular formula is C27H33ClN8O3S. The average molecular weight is 585 g/mol. The second kappa shape index (κ2) is 11.4. The second-order valence-corrected chi connectivity index (χ2v) is 13.4. The summed E-state index contributed by atoms with van der Waals surface area (Å²) in [6, 6.07) is 6.12. The first-order valence-electron chi connectivity index (χ1n) is 13.4. The third-order valence-electron chi connectivity index (χ3n) is 7.52. The van der Waals surface area contributed by atoms with E-state index in [2.05, 4.69) is 30.5 Å². The van der Waals surface area contributed by atoms with Gasteiger partial charge in [0.2, 0.25) is 21.7 Å². The monoisotopic (exact) mass is 584 g/mol. The van der Waals surface area contributed by atoms with E-state index in [1.807, 2.05) is 25.1 Å². The summed E-state index contributed by atoms with van der Waals surface area (Å²) in [5.74, 6) is 0.483.